The van der Waals surface area contributed by atoms with Crippen LogP contribution >= 0.6 is 27.7 Å². The van der Waals surface area contributed by atoms with E-state index in [9.17, 15) is 0 Å². The van der Waals surface area contributed by atoms with Crippen LogP contribution in [-0.4, -0.2) is 4.98 Å². The lowest BCUT2D eigenvalue weighted by molar-refractivity contribution is 1.29. The van der Waals surface area contributed by atoms with Crippen molar-refractivity contribution in [2.45, 2.75) is 6.92 Å². The number of anilines is 2. The summed E-state index contributed by atoms with van der Waals surface area (Å²) < 4.78 is 2.71. The number of hydrogen-bond acceptors (Lipinski definition) is 1. The molecular weight excluding hydrogens is 324 g/mol. The van der Waals surface area contributed by atoms with Gasteiger partial charge < -0.3 is 4.98 Å². The van der Waals surface area contributed by atoms with Crippen molar-refractivity contribution in [1.29, 1.82) is 0 Å². The number of hydrogen-bond donors (Lipinski definition) is 1. The third-order valence-electron chi connectivity index (χ3n) is 3.10. The molecule has 1 N–H and O–H groups in total. The highest BCUT2D eigenvalue weighted by Crippen LogP contribution is 2.33. The maximum Gasteiger partial charge on any atom is 0.126 e. The molecule has 0 aliphatic carbocycles. The van der Waals surface area contributed by atoms with Gasteiger partial charge in [0.25, 0.3) is 0 Å². The molecule has 0 fully saturated rings. The van der Waals surface area contributed by atoms with E-state index in [0.717, 1.165) is 32.4 Å². The Balaban J connectivity index is 2.05. The van der Waals surface area contributed by atoms with Gasteiger partial charge >= 0.3 is 0 Å². The highest BCUT2D eigenvalue weighted by molar-refractivity contribution is 9.10. The normalized spacial score (nSPS) is 10.9. The molecule has 19 heavy (non-hydrogen) atoms. The molecule has 0 atom stereocenters. The summed E-state index contributed by atoms with van der Waals surface area (Å²) in [7, 11) is 0. The van der Waals surface area contributed by atoms with Gasteiger partial charge in [-0.05, 0) is 42.8 Å². The van der Waals surface area contributed by atoms with Crippen LogP contribution in [0.4, 0.5) is 11.5 Å². The van der Waals surface area contributed by atoms with Crippen molar-refractivity contribution in [3.05, 3.63) is 58.6 Å². The Kier molecular flexibility index (Phi) is 3.25. The van der Waals surface area contributed by atoms with Crippen molar-refractivity contribution in [2.75, 3.05) is 4.42 Å². The topological polar surface area (TPSA) is 19.0 Å². The summed E-state index contributed by atoms with van der Waals surface area (Å²) in [4.78, 5) is 3.32. The number of rotatable bonds is 2. The summed E-state index contributed by atoms with van der Waals surface area (Å²) >= 11 is 9.91. The molecule has 0 saturated carbocycles. The van der Waals surface area contributed by atoms with E-state index in [4.69, 9.17) is 11.8 Å². The van der Waals surface area contributed by atoms with Crippen LogP contribution in [0, 0.1) is 6.92 Å². The van der Waals surface area contributed by atoms with Crippen molar-refractivity contribution >= 4 is 50.1 Å². The zero-order valence-electron chi connectivity index (χ0n) is 10.3. The second-order valence-corrected chi connectivity index (χ2v) is 5.71. The van der Waals surface area contributed by atoms with Gasteiger partial charge in [0, 0.05) is 27.2 Å². The third kappa shape index (κ3) is 2.36. The fraction of sp³-hybridized carbons (Fsp3) is 0.0667. The molecule has 2 aromatic carbocycles. The number of halogens is 2. The van der Waals surface area contributed by atoms with Gasteiger partial charge in [0.15, 0.2) is 0 Å². The first-order valence-corrected chi connectivity index (χ1v) is 7.08. The first-order valence-electron chi connectivity index (χ1n) is 5.95. The number of aromatic amines is 1. The summed E-state index contributed by atoms with van der Waals surface area (Å²) in [5, 5.41) is 1.15. The van der Waals surface area contributed by atoms with Gasteiger partial charge in [0.2, 0.25) is 0 Å². The summed E-state index contributed by atoms with van der Waals surface area (Å²) in [5.74, 6) is 0.869. The Morgan fingerprint density at radius 2 is 1.89 bits per heavy atom. The lowest BCUT2D eigenvalue weighted by Crippen LogP contribution is -2.03. The number of nitrogens with one attached hydrogen (secondary N) is 1. The number of nitrogens with zero attached hydrogens (tertiary/aromatic N) is 1. The first-order chi connectivity index (χ1) is 9.15. The minimum atomic E-state index is 0.869. The molecular formula is C15H12BrClN2. The van der Waals surface area contributed by atoms with Gasteiger partial charge in [-0.3, -0.25) is 0 Å². The summed E-state index contributed by atoms with van der Waals surface area (Å²) in [6.45, 7) is 2.04. The van der Waals surface area contributed by atoms with Gasteiger partial charge in [-0.2, -0.15) is 0 Å². The molecule has 4 heteroatoms. The second-order valence-electron chi connectivity index (χ2n) is 4.45. The first kappa shape index (κ1) is 12.6. The molecule has 0 saturated heterocycles. The molecule has 0 aliphatic heterocycles. The lowest BCUT2D eigenvalue weighted by atomic mass is 10.2. The van der Waals surface area contributed by atoms with E-state index >= 15 is 0 Å². The highest BCUT2D eigenvalue weighted by Gasteiger charge is 2.12. The van der Waals surface area contributed by atoms with E-state index in [0.29, 0.717) is 0 Å². The zero-order valence-corrected chi connectivity index (χ0v) is 12.7. The molecule has 1 heterocycles. The van der Waals surface area contributed by atoms with Crippen molar-refractivity contribution in [2.24, 2.45) is 0 Å². The molecule has 1 aromatic heterocycles. The van der Waals surface area contributed by atoms with E-state index in [1.807, 2.05) is 49.4 Å². The van der Waals surface area contributed by atoms with E-state index in [2.05, 4.69) is 27.0 Å². The molecule has 3 aromatic rings. The van der Waals surface area contributed by atoms with Crippen LogP contribution in [-0.2, 0) is 0 Å². The third-order valence-corrected chi connectivity index (χ3v) is 3.96. The van der Waals surface area contributed by atoms with E-state index in [1.165, 1.54) is 0 Å². The maximum absolute atomic E-state index is 6.45. The smallest absolute Gasteiger partial charge is 0.126 e. The Morgan fingerprint density at radius 3 is 2.63 bits per heavy atom. The number of H-pyrrole nitrogens is 1. The Labute approximate surface area is 125 Å². The zero-order chi connectivity index (χ0) is 13.4. The van der Waals surface area contributed by atoms with E-state index in [1.54, 1.807) is 4.42 Å². The monoisotopic (exact) mass is 334 g/mol. The van der Waals surface area contributed by atoms with Crippen LogP contribution in [0.25, 0.3) is 10.9 Å². The van der Waals surface area contributed by atoms with Gasteiger partial charge in [-0.1, -0.05) is 34.1 Å². The summed E-state index contributed by atoms with van der Waals surface area (Å²) in [6.07, 6.45) is 0. The van der Waals surface area contributed by atoms with Crippen molar-refractivity contribution in [3.8, 4) is 0 Å². The predicted octanol–water partition coefficient (Wildman–Crippen LogP) is 5.53. The van der Waals surface area contributed by atoms with Crippen LogP contribution in [0.5, 0.6) is 0 Å². The molecule has 96 valence electrons. The van der Waals surface area contributed by atoms with Gasteiger partial charge in [-0.15, -0.1) is 0 Å². The molecule has 0 aliphatic rings. The van der Waals surface area contributed by atoms with E-state index < -0.39 is 0 Å². The fourth-order valence-corrected chi connectivity index (χ4v) is 2.89. The fourth-order valence-electron chi connectivity index (χ4n) is 2.13. The number of aromatic nitrogens is 1. The van der Waals surface area contributed by atoms with Gasteiger partial charge in [0.1, 0.15) is 5.82 Å². The van der Waals surface area contributed by atoms with E-state index in [-0.39, 0.29) is 0 Å². The minimum Gasteiger partial charge on any atom is -0.340 e. The molecule has 0 spiro atoms. The molecule has 3 rings (SSSR count). The lowest BCUT2D eigenvalue weighted by Gasteiger charge is -2.16. The van der Waals surface area contributed by atoms with Crippen LogP contribution in [0.2, 0.25) is 0 Å². The average molecular weight is 336 g/mol. The highest BCUT2D eigenvalue weighted by atomic mass is 79.9. The van der Waals surface area contributed by atoms with Crippen LogP contribution in [0.3, 0.4) is 0 Å². The van der Waals surface area contributed by atoms with Crippen LogP contribution in [0.1, 0.15) is 5.56 Å². The SMILES string of the molecule is Cc1cc(Br)ccc1N(Cl)c1cc2ccccc2[nH]1. The van der Waals surface area contributed by atoms with Gasteiger partial charge in [-0.25, -0.2) is 4.42 Å². The number of benzene rings is 2. The van der Waals surface area contributed by atoms with Gasteiger partial charge in [0.05, 0.1) is 5.69 Å². The second kappa shape index (κ2) is 4.91. The molecule has 0 bridgehead atoms. The van der Waals surface area contributed by atoms with Crippen molar-refractivity contribution in [3.63, 3.8) is 0 Å². The minimum absolute atomic E-state index is 0.869. The Bertz CT molecular complexity index is 703. The molecule has 2 nitrogen and oxygen atoms in total. The number of para-hydroxylation sites is 1. The molecule has 0 unspecified atom stereocenters. The quantitative estimate of drug-likeness (QED) is 0.610. The largest absolute Gasteiger partial charge is 0.340 e. The molecule has 0 radical (unpaired) electrons. The standard InChI is InChI=1S/C15H12BrClN2/c1-10-8-12(16)6-7-14(10)19(17)15-9-11-4-2-3-5-13(11)18-15/h2-9,18H,1H3. The Hall–Kier alpha value is -1.45. The predicted molar refractivity (Wildman–Crippen MR) is 85.2 cm³/mol. The van der Waals surface area contributed by atoms with Crippen molar-refractivity contribution in [1.82, 2.24) is 4.98 Å². The Morgan fingerprint density at radius 1 is 1.11 bits per heavy atom. The number of aryl methyl sites for hydroxylation is 1. The summed E-state index contributed by atoms with van der Waals surface area (Å²) in [5.41, 5.74) is 3.16. The van der Waals surface area contributed by atoms with Crippen LogP contribution < -0.4 is 4.42 Å². The maximum atomic E-state index is 6.45. The van der Waals surface area contributed by atoms with Crippen LogP contribution in [0.15, 0.2) is 53.0 Å². The average Bonchev–Trinajstić information content (AvgIpc) is 2.81. The number of fused-ring (bicyclic) bond motifs is 1. The summed E-state index contributed by atoms with van der Waals surface area (Å²) in [6, 6.07) is 16.2. The van der Waals surface area contributed by atoms with Crippen molar-refractivity contribution < 1.29 is 0 Å². The molecule has 0 amide bonds.